The first-order valence-corrected chi connectivity index (χ1v) is 13.7. The summed E-state index contributed by atoms with van der Waals surface area (Å²) in [5.74, 6) is 4.19. The van der Waals surface area contributed by atoms with Gasteiger partial charge in [0, 0.05) is 5.41 Å². The standard InChI is InChI=1S/C30H51NO/c1-8-11-23-13-9-14-27(32)30(23,7)26-17-19-29(6)24(15-16-25(29)22(26)3)21(2)12-10-18-28(4,5)20-31/h8,11,21-27,32H,9-10,12-19H2,1-7H3/b11-8-/t21-,22?,23?,24?,25?,26?,27+,29?,30?/m1/s1. The molecule has 3 rings (SSSR count). The summed E-state index contributed by atoms with van der Waals surface area (Å²) in [4.78, 5) is 0. The van der Waals surface area contributed by atoms with E-state index in [1.54, 1.807) is 0 Å². The van der Waals surface area contributed by atoms with Crippen molar-refractivity contribution in [3.8, 4) is 6.07 Å². The monoisotopic (exact) mass is 441 g/mol. The lowest BCUT2D eigenvalue weighted by molar-refractivity contribution is -0.123. The molecule has 1 N–H and O–H groups in total. The third-order valence-corrected chi connectivity index (χ3v) is 10.9. The molecular weight excluding hydrogens is 390 g/mol. The van der Waals surface area contributed by atoms with Crippen LogP contribution >= 0.6 is 0 Å². The molecular formula is C30H51NO. The Kier molecular flexibility index (Phi) is 7.92. The van der Waals surface area contributed by atoms with Gasteiger partial charge in [0.05, 0.1) is 17.6 Å². The predicted octanol–water partition coefficient (Wildman–Crippen LogP) is 8.16. The molecule has 3 aliphatic rings. The molecule has 0 spiro atoms. The second kappa shape index (κ2) is 9.82. The molecule has 182 valence electrons. The Morgan fingerprint density at radius 3 is 2.50 bits per heavy atom. The van der Waals surface area contributed by atoms with E-state index in [4.69, 9.17) is 0 Å². The Balaban J connectivity index is 1.72. The summed E-state index contributed by atoms with van der Waals surface area (Å²) in [5.41, 5.74) is 0.290. The fraction of sp³-hybridized carbons (Fsp3) is 0.900. The van der Waals surface area contributed by atoms with Crippen LogP contribution in [0.4, 0.5) is 0 Å². The smallest absolute Gasteiger partial charge is 0.0683 e. The number of aliphatic hydroxyl groups is 1. The Morgan fingerprint density at radius 2 is 1.84 bits per heavy atom. The highest BCUT2D eigenvalue weighted by Crippen LogP contribution is 2.65. The summed E-state index contributed by atoms with van der Waals surface area (Å²) >= 11 is 0. The van der Waals surface area contributed by atoms with Crippen LogP contribution in [0.25, 0.3) is 0 Å². The van der Waals surface area contributed by atoms with Crippen molar-refractivity contribution in [1.82, 2.24) is 0 Å². The highest BCUT2D eigenvalue weighted by molar-refractivity contribution is 5.10. The Morgan fingerprint density at radius 1 is 1.12 bits per heavy atom. The molecule has 32 heavy (non-hydrogen) atoms. The van der Waals surface area contributed by atoms with E-state index in [1.165, 1.54) is 44.9 Å². The Hall–Kier alpha value is -0.810. The maximum Gasteiger partial charge on any atom is 0.0683 e. The van der Waals surface area contributed by atoms with Crippen molar-refractivity contribution < 1.29 is 5.11 Å². The van der Waals surface area contributed by atoms with Crippen LogP contribution < -0.4 is 0 Å². The first-order valence-electron chi connectivity index (χ1n) is 13.7. The molecule has 0 bridgehead atoms. The molecule has 0 aromatic rings. The average molecular weight is 442 g/mol. The zero-order valence-corrected chi connectivity index (χ0v) is 22.2. The van der Waals surface area contributed by atoms with Crippen LogP contribution in [0.2, 0.25) is 0 Å². The topological polar surface area (TPSA) is 44.0 Å². The predicted molar refractivity (Wildman–Crippen MR) is 135 cm³/mol. The maximum absolute atomic E-state index is 11.3. The van der Waals surface area contributed by atoms with Crippen LogP contribution in [0.3, 0.4) is 0 Å². The molecule has 0 heterocycles. The minimum atomic E-state index is -0.186. The number of aliphatic hydroxyl groups excluding tert-OH is 1. The summed E-state index contributed by atoms with van der Waals surface area (Å²) in [6.45, 7) is 16.4. The number of allylic oxidation sites excluding steroid dienone is 2. The second-order valence-electron chi connectivity index (χ2n) is 13.1. The number of hydrogen-bond donors (Lipinski definition) is 1. The number of fused-ring (bicyclic) bond motifs is 1. The fourth-order valence-electron chi connectivity index (χ4n) is 8.93. The van der Waals surface area contributed by atoms with Crippen molar-refractivity contribution in [2.75, 3.05) is 0 Å². The average Bonchev–Trinajstić information content (AvgIpc) is 3.10. The summed E-state index contributed by atoms with van der Waals surface area (Å²) in [7, 11) is 0. The lowest BCUT2D eigenvalue weighted by Gasteiger charge is -2.57. The molecule has 0 aromatic heterocycles. The van der Waals surface area contributed by atoms with Gasteiger partial charge in [0.2, 0.25) is 0 Å². The lowest BCUT2D eigenvalue weighted by Crippen LogP contribution is -2.54. The number of nitrogens with zero attached hydrogens (tertiary/aromatic N) is 1. The van der Waals surface area contributed by atoms with E-state index in [9.17, 15) is 10.4 Å². The van der Waals surface area contributed by atoms with E-state index >= 15 is 0 Å². The van der Waals surface area contributed by atoms with Gasteiger partial charge in [0.1, 0.15) is 0 Å². The maximum atomic E-state index is 11.3. The third kappa shape index (κ3) is 4.58. The third-order valence-electron chi connectivity index (χ3n) is 10.9. The minimum absolute atomic E-state index is 0.0259. The zero-order valence-electron chi connectivity index (χ0n) is 22.2. The van der Waals surface area contributed by atoms with Gasteiger partial charge in [0.25, 0.3) is 0 Å². The van der Waals surface area contributed by atoms with Gasteiger partial charge >= 0.3 is 0 Å². The minimum Gasteiger partial charge on any atom is -0.393 e. The SMILES string of the molecule is C/C=C\C1CCC[C@H](O)C1(C)C1CCC2(C)C(CCC2[C@H](C)CCCC(C)(C)C#N)C1C. The molecule has 0 radical (unpaired) electrons. The van der Waals surface area contributed by atoms with Crippen molar-refractivity contribution in [3.63, 3.8) is 0 Å². The fourth-order valence-corrected chi connectivity index (χ4v) is 8.93. The zero-order chi connectivity index (χ0) is 23.7. The quantitative estimate of drug-likeness (QED) is 0.405. The van der Waals surface area contributed by atoms with Crippen molar-refractivity contribution in [2.45, 2.75) is 119 Å². The van der Waals surface area contributed by atoms with Crippen LogP contribution in [-0.2, 0) is 0 Å². The van der Waals surface area contributed by atoms with Gasteiger partial charge in [-0.05, 0) is 107 Å². The highest BCUT2D eigenvalue weighted by atomic mass is 16.3. The van der Waals surface area contributed by atoms with Gasteiger partial charge in [-0.1, -0.05) is 59.1 Å². The molecule has 3 fully saturated rings. The van der Waals surface area contributed by atoms with E-state index < -0.39 is 0 Å². The van der Waals surface area contributed by atoms with E-state index in [0.717, 1.165) is 37.0 Å². The van der Waals surface area contributed by atoms with Gasteiger partial charge in [-0.2, -0.15) is 5.26 Å². The summed E-state index contributed by atoms with van der Waals surface area (Å²) < 4.78 is 0. The van der Waals surface area contributed by atoms with Crippen LogP contribution in [0, 0.1) is 63.1 Å². The van der Waals surface area contributed by atoms with Crippen molar-refractivity contribution >= 4 is 0 Å². The van der Waals surface area contributed by atoms with Gasteiger partial charge < -0.3 is 5.11 Å². The molecule has 3 aliphatic carbocycles. The van der Waals surface area contributed by atoms with Gasteiger partial charge in [-0.3, -0.25) is 0 Å². The molecule has 7 unspecified atom stereocenters. The number of rotatable bonds is 7. The summed E-state index contributed by atoms with van der Waals surface area (Å²) in [5, 5.41) is 20.6. The van der Waals surface area contributed by atoms with E-state index in [1.807, 2.05) is 0 Å². The molecule has 0 aromatic carbocycles. The number of nitriles is 1. The molecule has 0 amide bonds. The van der Waals surface area contributed by atoms with Crippen LogP contribution in [0.5, 0.6) is 0 Å². The van der Waals surface area contributed by atoms with Gasteiger partial charge in [0.15, 0.2) is 0 Å². The first kappa shape index (κ1) is 25.8. The van der Waals surface area contributed by atoms with Gasteiger partial charge in [-0.25, -0.2) is 0 Å². The highest BCUT2D eigenvalue weighted by Gasteiger charge is 2.58. The molecule has 2 heteroatoms. The molecule has 3 saturated carbocycles. The van der Waals surface area contributed by atoms with Crippen LogP contribution in [-0.4, -0.2) is 11.2 Å². The summed E-state index contributed by atoms with van der Waals surface area (Å²) in [6.07, 6.45) is 16.7. The normalized spacial score (nSPS) is 43.7. The molecule has 9 atom stereocenters. The van der Waals surface area contributed by atoms with Crippen molar-refractivity contribution in [2.24, 2.45) is 51.8 Å². The lowest BCUT2D eigenvalue weighted by atomic mass is 9.48. The Bertz CT molecular complexity index is 704. The summed E-state index contributed by atoms with van der Waals surface area (Å²) in [6, 6.07) is 2.47. The van der Waals surface area contributed by atoms with Crippen LogP contribution in [0.1, 0.15) is 113 Å². The second-order valence-corrected chi connectivity index (χ2v) is 13.1. The number of hydrogen-bond acceptors (Lipinski definition) is 2. The van der Waals surface area contributed by atoms with Crippen LogP contribution in [0.15, 0.2) is 12.2 Å². The largest absolute Gasteiger partial charge is 0.393 e. The van der Waals surface area contributed by atoms with Gasteiger partial charge in [-0.15, -0.1) is 0 Å². The molecule has 0 aliphatic heterocycles. The van der Waals surface area contributed by atoms with Crippen molar-refractivity contribution in [1.29, 1.82) is 5.26 Å². The van der Waals surface area contributed by atoms with Crippen molar-refractivity contribution in [3.05, 3.63) is 12.2 Å². The first-order chi connectivity index (χ1) is 15.0. The molecule has 0 saturated heterocycles. The van der Waals surface area contributed by atoms with E-state index in [0.29, 0.717) is 23.2 Å². The molecule has 2 nitrogen and oxygen atoms in total. The van der Waals surface area contributed by atoms with E-state index in [-0.39, 0.29) is 16.9 Å². The Labute approximate surface area is 199 Å². The van der Waals surface area contributed by atoms with E-state index in [2.05, 4.69) is 66.7 Å².